The van der Waals surface area contributed by atoms with Crippen molar-refractivity contribution in [2.45, 2.75) is 65.4 Å². The van der Waals surface area contributed by atoms with Crippen LogP contribution in [0.15, 0.2) is 0 Å². The van der Waals surface area contributed by atoms with Gasteiger partial charge in [0.05, 0.1) is 6.10 Å². The van der Waals surface area contributed by atoms with Crippen molar-refractivity contribution in [3.05, 3.63) is 0 Å². The number of unbranched alkanes of at least 4 members (excludes halogenated alkanes) is 4. The third kappa shape index (κ3) is 9.38. The Bertz CT molecular complexity index is 132. The second kappa shape index (κ2) is 8.09. The topological polar surface area (TPSA) is 26.3 Å². The molecule has 0 radical (unpaired) electrons. The van der Waals surface area contributed by atoms with Gasteiger partial charge in [-0.05, 0) is 19.8 Å². The van der Waals surface area contributed by atoms with Crippen LogP contribution in [0.3, 0.4) is 0 Å². The molecule has 0 aliphatic carbocycles. The summed E-state index contributed by atoms with van der Waals surface area (Å²) in [5.74, 6) is -0.166. The summed E-state index contributed by atoms with van der Waals surface area (Å²) < 4.78 is 5.02. The molecule has 0 aromatic heterocycles. The third-order valence-electron chi connectivity index (χ3n) is 2.08. The van der Waals surface area contributed by atoms with Gasteiger partial charge in [-0.2, -0.15) is 0 Å². The third-order valence-corrected chi connectivity index (χ3v) is 2.08. The average Bonchev–Trinajstić information content (AvgIpc) is 2.02. The van der Waals surface area contributed by atoms with Crippen LogP contribution in [-0.4, -0.2) is 12.1 Å². The van der Waals surface area contributed by atoms with Crippen LogP contribution in [0.1, 0.15) is 59.3 Å². The first kappa shape index (κ1) is 12.5. The smallest absolute Gasteiger partial charge is 0.302 e. The van der Waals surface area contributed by atoms with E-state index >= 15 is 0 Å². The minimum atomic E-state index is -0.166. The highest BCUT2D eigenvalue weighted by Crippen LogP contribution is 2.08. The van der Waals surface area contributed by atoms with Gasteiger partial charge in [-0.1, -0.05) is 32.6 Å². The number of hydrogen-bond donors (Lipinski definition) is 0. The molecule has 0 rings (SSSR count). The molecule has 0 heterocycles. The summed E-state index contributed by atoms with van der Waals surface area (Å²) in [7, 11) is 0. The highest BCUT2D eigenvalue weighted by Gasteiger charge is 2.03. The monoisotopic (exact) mass is 186 g/mol. The van der Waals surface area contributed by atoms with Gasteiger partial charge >= 0.3 is 5.97 Å². The Morgan fingerprint density at radius 1 is 1.23 bits per heavy atom. The van der Waals surface area contributed by atoms with E-state index in [1.54, 1.807) is 0 Å². The number of carbonyl (C=O) groups excluding carboxylic acids is 1. The first-order valence-electron chi connectivity index (χ1n) is 5.34. The zero-order valence-corrected chi connectivity index (χ0v) is 9.14. The standard InChI is InChI=1S/C11H22O2/c1-4-5-6-7-8-9-10(2)13-11(3)12/h10H,4-9H2,1-3H3/t10-/m0/s1. The SMILES string of the molecule is CCCCCCC[C@H](C)OC(C)=O. The van der Waals surface area contributed by atoms with Crippen LogP contribution in [-0.2, 0) is 9.53 Å². The molecule has 0 amide bonds. The molecule has 2 heteroatoms. The molecule has 0 fully saturated rings. The Morgan fingerprint density at radius 3 is 2.38 bits per heavy atom. The summed E-state index contributed by atoms with van der Waals surface area (Å²) in [5.41, 5.74) is 0. The van der Waals surface area contributed by atoms with E-state index in [1.165, 1.54) is 39.0 Å². The number of hydrogen-bond acceptors (Lipinski definition) is 2. The zero-order chi connectivity index (χ0) is 10.1. The lowest BCUT2D eigenvalue weighted by atomic mass is 10.1. The van der Waals surface area contributed by atoms with E-state index in [0.717, 1.165) is 6.42 Å². The first-order valence-corrected chi connectivity index (χ1v) is 5.34. The molecule has 1 atom stereocenters. The van der Waals surface area contributed by atoms with Gasteiger partial charge in [-0.25, -0.2) is 0 Å². The van der Waals surface area contributed by atoms with Gasteiger partial charge in [0.2, 0.25) is 0 Å². The summed E-state index contributed by atoms with van der Waals surface area (Å²) in [5, 5.41) is 0. The molecule has 0 saturated carbocycles. The second-order valence-corrected chi connectivity index (χ2v) is 3.62. The molecule has 0 saturated heterocycles. The van der Waals surface area contributed by atoms with Crippen LogP contribution in [0.5, 0.6) is 0 Å². The van der Waals surface area contributed by atoms with Gasteiger partial charge in [-0.15, -0.1) is 0 Å². The van der Waals surface area contributed by atoms with Crippen molar-refractivity contribution in [3.8, 4) is 0 Å². The molecule has 0 unspecified atom stereocenters. The van der Waals surface area contributed by atoms with Gasteiger partial charge in [-0.3, -0.25) is 4.79 Å². The van der Waals surface area contributed by atoms with Crippen molar-refractivity contribution in [1.29, 1.82) is 0 Å². The summed E-state index contributed by atoms with van der Waals surface area (Å²) >= 11 is 0. The lowest BCUT2D eigenvalue weighted by molar-refractivity contribution is -0.145. The highest BCUT2D eigenvalue weighted by atomic mass is 16.5. The van der Waals surface area contributed by atoms with Gasteiger partial charge in [0.1, 0.15) is 0 Å². The highest BCUT2D eigenvalue weighted by molar-refractivity contribution is 5.66. The Balaban J connectivity index is 3.17. The number of ether oxygens (including phenoxy) is 1. The molecular weight excluding hydrogens is 164 g/mol. The molecule has 0 spiro atoms. The predicted molar refractivity (Wildman–Crippen MR) is 54.6 cm³/mol. The minimum absolute atomic E-state index is 0.0964. The van der Waals surface area contributed by atoms with Crippen LogP contribution >= 0.6 is 0 Å². The molecule has 0 bridgehead atoms. The summed E-state index contributed by atoms with van der Waals surface area (Å²) in [4.78, 5) is 10.6. The number of esters is 1. The molecule has 13 heavy (non-hydrogen) atoms. The normalized spacial score (nSPS) is 12.5. The Hall–Kier alpha value is -0.530. The molecule has 0 aliphatic rings. The van der Waals surface area contributed by atoms with Crippen molar-refractivity contribution < 1.29 is 9.53 Å². The fourth-order valence-electron chi connectivity index (χ4n) is 1.38. The maximum Gasteiger partial charge on any atom is 0.302 e. The summed E-state index contributed by atoms with van der Waals surface area (Å²) in [6.07, 6.45) is 7.45. The zero-order valence-electron chi connectivity index (χ0n) is 9.14. The predicted octanol–water partition coefficient (Wildman–Crippen LogP) is 3.30. The van der Waals surface area contributed by atoms with Crippen LogP contribution in [0.4, 0.5) is 0 Å². The molecule has 0 aromatic rings. The number of rotatable bonds is 7. The van der Waals surface area contributed by atoms with Crippen LogP contribution < -0.4 is 0 Å². The molecular formula is C11H22O2. The molecule has 0 aliphatic heterocycles. The molecule has 2 nitrogen and oxygen atoms in total. The van der Waals surface area contributed by atoms with Crippen molar-refractivity contribution in [1.82, 2.24) is 0 Å². The number of carbonyl (C=O) groups is 1. The van der Waals surface area contributed by atoms with E-state index in [2.05, 4.69) is 6.92 Å². The Morgan fingerprint density at radius 2 is 1.85 bits per heavy atom. The van der Waals surface area contributed by atoms with Crippen molar-refractivity contribution in [2.75, 3.05) is 0 Å². The summed E-state index contributed by atoms with van der Waals surface area (Å²) in [6, 6.07) is 0. The maximum atomic E-state index is 10.6. The maximum absolute atomic E-state index is 10.6. The van der Waals surface area contributed by atoms with Gasteiger partial charge in [0, 0.05) is 6.92 Å². The van der Waals surface area contributed by atoms with Crippen molar-refractivity contribution in [2.24, 2.45) is 0 Å². The Kier molecular flexibility index (Phi) is 7.76. The quantitative estimate of drug-likeness (QED) is 0.450. The van der Waals surface area contributed by atoms with E-state index in [-0.39, 0.29) is 12.1 Å². The van der Waals surface area contributed by atoms with E-state index in [0.29, 0.717) is 0 Å². The molecule has 0 N–H and O–H groups in total. The van der Waals surface area contributed by atoms with E-state index < -0.39 is 0 Å². The second-order valence-electron chi connectivity index (χ2n) is 3.62. The van der Waals surface area contributed by atoms with Crippen molar-refractivity contribution in [3.63, 3.8) is 0 Å². The fraction of sp³-hybridized carbons (Fsp3) is 0.909. The van der Waals surface area contributed by atoms with E-state index in [1.807, 2.05) is 6.92 Å². The van der Waals surface area contributed by atoms with E-state index in [4.69, 9.17) is 4.74 Å². The van der Waals surface area contributed by atoms with Gasteiger partial charge in [0.25, 0.3) is 0 Å². The van der Waals surface area contributed by atoms with E-state index in [9.17, 15) is 4.79 Å². The lowest BCUT2D eigenvalue weighted by Gasteiger charge is -2.10. The lowest BCUT2D eigenvalue weighted by Crippen LogP contribution is -2.11. The van der Waals surface area contributed by atoms with Gasteiger partial charge in [0.15, 0.2) is 0 Å². The average molecular weight is 186 g/mol. The van der Waals surface area contributed by atoms with Gasteiger partial charge < -0.3 is 4.74 Å². The molecule has 78 valence electrons. The fourth-order valence-corrected chi connectivity index (χ4v) is 1.38. The van der Waals surface area contributed by atoms with Crippen molar-refractivity contribution >= 4 is 5.97 Å². The first-order chi connectivity index (χ1) is 6.16. The van der Waals surface area contributed by atoms with Crippen LogP contribution in [0, 0.1) is 0 Å². The van der Waals surface area contributed by atoms with Crippen LogP contribution in [0.2, 0.25) is 0 Å². The Labute approximate surface area is 81.7 Å². The largest absolute Gasteiger partial charge is 0.463 e. The summed E-state index contributed by atoms with van der Waals surface area (Å²) in [6.45, 7) is 5.64. The minimum Gasteiger partial charge on any atom is -0.463 e. The van der Waals surface area contributed by atoms with Crippen LogP contribution in [0.25, 0.3) is 0 Å². The molecule has 0 aromatic carbocycles.